The number of ether oxygens (including phenoxy) is 1. The van der Waals surface area contributed by atoms with E-state index in [0.717, 1.165) is 18.1 Å². The number of carbonyl (C=O) groups excluding carboxylic acids is 1. The number of benzene rings is 1. The first-order valence-electron chi connectivity index (χ1n) is 7.01. The van der Waals surface area contributed by atoms with Gasteiger partial charge in [0.2, 0.25) is 5.75 Å². The van der Waals surface area contributed by atoms with Gasteiger partial charge in [0.05, 0.1) is 5.52 Å². The lowest BCUT2D eigenvalue weighted by Gasteiger charge is -2.08. The molecule has 2 aromatic heterocycles. The fourth-order valence-electron chi connectivity index (χ4n) is 2.35. The van der Waals surface area contributed by atoms with Gasteiger partial charge in [-0.05, 0) is 23.6 Å². The van der Waals surface area contributed by atoms with Gasteiger partial charge in [-0.3, -0.25) is 14.6 Å². The molecule has 116 valence electrons. The summed E-state index contributed by atoms with van der Waals surface area (Å²) < 4.78 is 4.74. The van der Waals surface area contributed by atoms with Gasteiger partial charge in [0.1, 0.15) is 5.52 Å². The maximum Gasteiger partial charge on any atom is 0.308 e. The van der Waals surface area contributed by atoms with Crippen LogP contribution in [0.5, 0.6) is 11.5 Å². The van der Waals surface area contributed by atoms with Gasteiger partial charge in [0, 0.05) is 13.1 Å². The highest BCUT2D eigenvalue weighted by atomic mass is 16.5. The Kier molecular flexibility index (Phi) is 3.80. The van der Waals surface area contributed by atoms with E-state index in [0.29, 0.717) is 11.9 Å². The van der Waals surface area contributed by atoms with Gasteiger partial charge in [0.15, 0.2) is 5.75 Å². The molecular weight excluding hydrogens is 296 g/mol. The minimum Gasteiger partial charge on any atom is -0.503 e. The third-order valence-corrected chi connectivity index (χ3v) is 3.33. The van der Waals surface area contributed by atoms with Crippen LogP contribution in [0.2, 0.25) is 0 Å². The fraction of sp³-hybridized carbons (Fsp3) is 0.118. The van der Waals surface area contributed by atoms with Crippen molar-refractivity contribution in [3.63, 3.8) is 0 Å². The second-order valence-corrected chi connectivity index (χ2v) is 5.13. The van der Waals surface area contributed by atoms with Crippen LogP contribution in [0.1, 0.15) is 18.1 Å². The number of pyridine rings is 2. The van der Waals surface area contributed by atoms with E-state index in [1.165, 1.54) is 0 Å². The molecule has 2 N–H and O–H groups in total. The van der Waals surface area contributed by atoms with Crippen molar-refractivity contribution in [1.29, 1.82) is 0 Å². The van der Waals surface area contributed by atoms with Crippen molar-refractivity contribution in [3.8, 4) is 11.5 Å². The largest absolute Gasteiger partial charge is 0.503 e. The lowest BCUT2D eigenvalue weighted by atomic mass is 10.1. The van der Waals surface area contributed by atoms with Crippen LogP contribution in [0.4, 0.5) is 0 Å². The van der Waals surface area contributed by atoms with E-state index in [4.69, 9.17) is 4.74 Å². The van der Waals surface area contributed by atoms with Crippen molar-refractivity contribution in [2.45, 2.75) is 13.3 Å². The lowest BCUT2D eigenvalue weighted by Crippen LogP contribution is -2.14. The van der Waals surface area contributed by atoms with Gasteiger partial charge < -0.3 is 14.8 Å². The van der Waals surface area contributed by atoms with Crippen LogP contribution in [0.3, 0.4) is 0 Å². The summed E-state index contributed by atoms with van der Waals surface area (Å²) >= 11 is 0. The molecule has 3 rings (SSSR count). The molecule has 3 aromatic rings. The predicted molar refractivity (Wildman–Crippen MR) is 84.6 cm³/mol. The van der Waals surface area contributed by atoms with E-state index >= 15 is 0 Å². The Hall–Kier alpha value is -3.15. The molecule has 0 saturated carbocycles. The molecule has 0 atom stereocenters. The molecular formula is C17H14N2O4. The average Bonchev–Trinajstić information content (AvgIpc) is 2.52. The van der Waals surface area contributed by atoms with E-state index in [2.05, 4.69) is 9.97 Å². The Morgan fingerprint density at radius 3 is 2.70 bits per heavy atom. The second-order valence-electron chi connectivity index (χ2n) is 5.13. The molecule has 6 nitrogen and oxygen atoms in total. The Labute approximate surface area is 131 Å². The van der Waals surface area contributed by atoms with Crippen molar-refractivity contribution in [1.82, 2.24) is 9.97 Å². The lowest BCUT2D eigenvalue weighted by molar-refractivity contribution is -0.132. The zero-order valence-electron chi connectivity index (χ0n) is 12.4. The number of nitrogens with one attached hydrogen (secondary N) is 1. The van der Waals surface area contributed by atoms with Crippen molar-refractivity contribution in [2.24, 2.45) is 0 Å². The van der Waals surface area contributed by atoms with Crippen LogP contribution >= 0.6 is 0 Å². The molecule has 6 heteroatoms. The summed E-state index contributed by atoms with van der Waals surface area (Å²) in [5.41, 5.74) is 1.88. The van der Waals surface area contributed by atoms with Gasteiger partial charge >= 0.3 is 5.97 Å². The topological polar surface area (TPSA) is 92.3 Å². The van der Waals surface area contributed by atoms with E-state index in [-0.39, 0.29) is 5.52 Å². The minimum absolute atomic E-state index is 0.178. The minimum atomic E-state index is -0.689. The Morgan fingerprint density at radius 2 is 2.00 bits per heavy atom. The predicted octanol–water partition coefficient (Wildman–Crippen LogP) is 2.14. The molecule has 0 aliphatic rings. The van der Waals surface area contributed by atoms with E-state index in [9.17, 15) is 14.7 Å². The molecule has 2 heterocycles. The highest BCUT2D eigenvalue weighted by Crippen LogP contribution is 2.29. The van der Waals surface area contributed by atoms with Gasteiger partial charge in [0.25, 0.3) is 5.56 Å². The maximum absolute atomic E-state index is 11.9. The Balaban J connectivity index is 2.04. The molecule has 1 aromatic carbocycles. The standard InChI is InChI=1S/C17H14N2O4/c1-10(20)23-16-15(21)14-13(19-17(16)22)8-12(9-18-14)7-11-5-3-2-4-6-11/h2-6,8-9H,7H2,1H3,(H2,19,21,22). The van der Waals surface area contributed by atoms with Crippen LogP contribution in [0, 0.1) is 0 Å². The first kappa shape index (κ1) is 14.8. The number of hydrogen-bond donors (Lipinski definition) is 2. The molecule has 0 amide bonds. The number of hydrogen-bond acceptors (Lipinski definition) is 5. The van der Waals surface area contributed by atoms with E-state index in [1.54, 1.807) is 12.3 Å². The summed E-state index contributed by atoms with van der Waals surface area (Å²) in [5.74, 6) is -1.57. The summed E-state index contributed by atoms with van der Waals surface area (Å²) in [7, 11) is 0. The number of aromatic amines is 1. The number of nitrogens with zero attached hydrogens (tertiary/aromatic N) is 1. The van der Waals surface area contributed by atoms with E-state index in [1.807, 2.05) is 30.3 Å². The first-order valence-corrected chi connectivity index (χ1v) is 7.01. The summed E-state index contributed by atoms with van der Waals surface area (Å²) in [5, 5.41) is 10.1. The van der Waals surface area contributed by atoms with Crippen LogP contribution in [-0.2, 0) is 11.2 Å². The summed E-state index contributed by atoms with van der Waals surface area (Å²) in [6.45, 7) is 1.15. The second kappa shape index (κ2) is 5.92. The SMILES string of the molecule is CC(=O)Oc1c(O)c2ncc(Cc3ccccc3)cc2[nH]c1=O. The van der Waals surface area contributed by atoms with Gasteiger partial charge in [-0.25, -0.2) is 0 Å². The zero-order chi connectivity index (χ0) is 16.4. The molecule has 0 aliphatic carbocycles. The molecule has 23 heavy (non-hydrogen) atoms. The number of rotatable bonds is 3. The zero-order valence-corrected chi connectivity index (χ0v) is 12.4. The van der Waals surface area contributed by atoms with Crippen LogP contribution < -0.4 is 10.3 Å². The third kappa shape index (κ3) is 3.06. The summed E-state index contributed by atoms with van der Waals surface area (Å²) in [6, 6.07) is 11.6. The highest BCUT2D eigenvalue weighted by molar-refractivity contribution is 5.84. The Morgan fingerprint density at radius 1 is 1.26 bits per heavy atom. The smallest absolute Gasteiger partial charge is 0.308 e. The van der Waals surface area contributed by atoms with E-state index < -0.39 is 23.0 Å². The fourth-order valence-corrected chi connectivity index (χ4v) is 2.35. The summed E-state index contributed by atoms with van der Waals surface area (Å²) in [4.78, 5) is 29.7. The number of esters is 1. The third-order valence-electron chi connectivity index (χ3n) is 3.33. The first-order chi connectivity index (χ1) is 11.0. The number of H-pyrrole nitrogens is 1. The quantitative estimate of drug-likeness (QED) is 0.723. The van der Waals surface area contributed by atoms with Crippen molar-refractivity contribution >= 4 is 17.0 Å². The number of aromatic nitrogens is 2. The van der Waals surface area contributed by atoms with Gasteiger partial charge in [-0.1, -0.05) is 30.3 Å². The normalized spacial score (nSPS) is 10.7. The molecule has 0 fully saturated rings. The van der Waals surface area contributed by atoms with Crippen LogP contribution in [0.15, 0.2) is 47.4 Å². The number of carbonyl (C=O) groups is 1. The van der Waals surface area contributed by atoms with Gasteiger partial charge in [-0.15, -0.1) is 0 Å². The number of fused-ring (bicyclic) bond motifs is 1. The van der Waals surface area contributed by atoms with Crippen molar-refractivity contribution in [3.05, 3.63) is 64.1 Å². The monoisotopic (exact) mass is 310 g/mol. The molecule has 0 saturated heterocycles. The molecule has 0 spiro atoms. The summed E-state index contributed by atoms with van der Waals surface area (Å²) in [6.07, 6.45) is 2.27. The van der Waals surface area contributed by atoms with Gasteiger partial charge in [-0.2, -0.15) is 0 Å². The van der Waals surface area contributed by atoms with Crippen LogP contribution in [-0.4, -0.2) is 21.0 Å². The molecule has 0 bridgehead atoms. The van der Waals surface area contributed by atoms with Crippen LogP contribution in [0.25, 0.3) is 11.0 Å². The number of aromatic hydroxyl groups is 1. The average molecular weight is 310 g/mol. The highest BCUT2D eigenvalue weighted by Gasteiger charge is 2.16. The molecule has 0 unspecified atom stereocenters. The van der Waals surface area contributed by atoms with Crippen molar-refractivity contribution in [2.75, 3.05) is 0 Å². The molecule has 0 aliphatic heterocycles. The Bertz CT molecular complexity index is 932. The van der Waals surface area contributed by atoms with Crippen molar-refractivity contribution < 1.29 is 14.6 Å². The maximum atomic E-state index is 11.9. The molecule has 0 radical (unpaired) electrons.